The van der Waals surface area contributed by atoms with Crippen molar-refractivity contribution in [2.75, 3.05) is 12.4 Å². The molecule has 1 N–H and O–H groups in total. The van der Waals surface area contributed by atoms with Crippen LogP contribution < -0.4 is 5.32 Å². The van der Waals surface area contributed by atoms with E-state index in [9.17, 15) is 14.0 Å². The third kappa shape index (κ3) is 6.58. The maximum atomic E-state index is 12.9. The summed E-state index contributed by atoms with van der Waals surface area (Å²) in [4.78, 5) is 24.5. The van der Waals surface area contributed by atoms with Crippen LogP contribution in [0.1, 0.15) is 24.1 Å². The number of carbonyl (C=O) groups is 2. The van der Waals surface area contributed by atoms with E-state index in [1.807, 2.05) is 31.2 Å². The SMILES string of the molecule is Cc1ccc(SCC(=O)OCC(=O)N[C@H](C)c2ccc(F)cc2)cc1. The molecule has 0 bridgehead atoms. The maximum absolute atomic E-state index is 12.9. The lowest BCUT2D eigenvalue weighted by Gasteiger charge is -2.14. The summed E-state index contributed by atoms with van der Waals surface area (Å²) in [5.74, 6) is -1.04. The molecule has 0 saturated heterocycles. The van der Waals surface area contributed by atoms with E-state index in [-0.39, 0.29) is 24.2 Å². The predicted octanol–water partition coefficient (Wildman–Crippen LogP) is 3.65. The van der Waals surface area contributed by atoms with E-state index in [1.54, 1.807) is 19.1 Å². The van der Waals surface area contributed by atoms with Crippen molar-refractivity contribution in [2.45, 2.75) is 24.8 Å². The number of hydrogen-bond donors (Lipinski definition) is 1. The topological polar surface area (TPSA) is 55.4 Å². The van der Waals surface area contributed by atoms with E-state index < -0.39 is 11.9 Å². The van der Waals surface area contributed by atoms with Crippen LogP contribution in [0.25, 0.3) is 0 Å². The first-order valence-corrected chi connectivity index (χ1v) is 8.82. The van der Waals surface area contributed by atoms with Gasteiger partial charge < -0.3 is 10.1 Å². The molecule has 1 atom stereocenters. The molecule has 0 unspecified atom stereocenters. The van der Waals surface area contributed by atoms with Crippen molar-refractivity contribution in [3.05, 3.63) is 65.5 Å². The normalized spacial score (nSPS) is 11.6. The summed E-state index contributed by atoms with van der Waals surface area (Å²) in [7, 11) is 0. The minimum atomic E-state index is -0.449. The number of benzene rings is 2. The Kier molecular flexibility index (Phi) is 7.01. The molecule has 0 spiro atoms. The molecule has 6 heteroatoms. The molecule has 2 aromatic carbocycles. The van der Waals surface area contributed by atoms with Gasteiger partial charge in [0.2, 0.25) is 0 Å². The van der Waals surface area contributed by atoms with Gasteiger partial charge >= 0.3 is 5.97 Å². The molecule has 2 rings (SSSR count). The highest BCUT2D eigenvalue weighted by Gasteiger charge is 2.12. The van der Waals surface area contributed by atoms with Crippen LogP contribution in [-0.2, 0) is 14.3 Å². The molecular formula is C19H20FNO3S. The fraction of sp³-hybridized carbons (Fsp3) is 0.263. The number of nitrogens with one attached hydrogen (secondary N) is 1. The number of aryl methyl sites for hydroxylation is 1. The van der Waals surface area contributed by atoms with Crippen LogP contribution in [0.15, 0.2) is 53.4 Å². The minimum absolute atomic E-state index is 0.143. The molecule has 0 saturated carbocycles. The van der Waals surface area contributed by atoms with Gasteiger partial charge in [0.25, 0.3) is 5.91 Å². The molecule has 0 aliphatic rings. The molecular weight excluding hydrogens is 341 g/mol. The smallest absolute Gasteiger partial charge is 0.316 e. The summed E-state index contributed by atoms with van der Waals surface area (Å²) < 4.78 is 17.9. The Morgan fingerprint density at radius 1 is 1.12 bits per heavy atom. The molecule has 4 nitrogen and oxygen atoms in total. The van der Waals surface area contributed by atoms with Crippen molar-refractivity contribution >= 4 is 23.6 Å². The second-order valence-corrected chi connectivity index (χ2v) is 6.65. The number of esters is 1. The molecule has 25 heavy (non-hydrogen) atoms. The van der Waals surface area contributed by atoms with E-state index in [4.69, 9.17) is 4.74 Å². The summed E-state index contributed by atoms with van der Waals surface area (Å²) in [5, 5.41) is 2.71. The average Bonchev–Trinajstić information content (AvgIpc) is 2.60. The van der Waals surface area contributed by atoms with Crippen LogP contribution in [0.5, 0.6) is 0 Å². The van der Waals surface area contributed by atoms with Gasteiger partial charge in [-0.2, -0.15) is 0 Å². The second kappa shape index (κ2) is 9.22. The predicted molar refractivity (Wildman–Crippen MR) is 95.8 cm³/mol. The third-order valence-electron chi connectivity index (χ3n) is 3.49. The van der Waals surface area contributed by atoms with Crippen molar-refractivity contribution in [2.24, 2.45) is 0 Å². The van der Waals surface area contributed by atoms with Crippen LogP contribution in [0.2, 0.25) is 0 Å². The number of carbonyl (C=O) groups excluding carboxylic acids is 2. The van der Waals surface area contributed by atoms with Gasteiger partial charge in [-0.3, -0.25) is 9.59 Å². The molecule has 0 aliphatic carbocycles. The Hall–Kier alpha value is -2.34. The summed E-state index contributed by atoms with van der Waals surface area (Å²) >= 11 is 1.36. The zero-order valence-corrected chi connectivity index (χ0v) is 14.9. The highest BCUT2D eigenvalue weighted by Crippen LogP contribution is 2.18. The molecule has 1 amide bonds. The number of thioether (sulfide) groups is 1. The van der Waals surface area contributed by atoms with E-state index >= 15 is 0 Å². The van der Waals surface area contributed by atoms with Crippen molar-refractivity contribution in [3.8, 4) is 0 Å². The van der Waals surface area contributed by atoms with Gasteiger partial charge in [0.05, 0.1) is 11.8 Å². The Balaban J connectivity index is 1.70. The minimum Gasteiger partial charge on any atom is -0.455 e. The Morgan fingerprint density at radius 3 is 2.40 bits per heavy atom. The number of amides is 1. The van der Waals surface area contributed by atoms with Crippen LogP contribution in [-0.4, -0.2) is 24.2 Å². The van der Waals surface area contributed by atoms with Gasteiger partial charge in [0.1, 0.15) is 5.82 Å². The second-order valence-electron chi connectivity index (χ2n) is 5.60. The number of rotatable bonds is 7. The van der Waals surface area contributed by atoms with Gasteiger partial charge in [-0.25, -0.2) is 4.39 Å². The van der Waals surface area contributed by atoms with Crippen molar-refractivity contribution < 1.29 is 18.7 Å². The Bertz CT molecular complexity index is 716. The summed E-state index contributed by atoms with van der Waals surface area (Å²) in [6.45, 7) is 3.44. The van der Waals surface area contributed by atoms with Crippen molar-refractivity contribution in [1.82, 2.24) is 5.32 Å². The van der Waals surface area contributed by atoms with Gasteiger partial charge in [0.15, 0.2) is 6.61 Å². The van der Waals surface area contributed by atoms with Gasteiger partial charge in [0, 0.05) is 4.90 Å². The molecule has 0 aliphatic heterocycles. The molecule has 0 fully saturated rings. The van der Waals surface area contributed by atoms with E-state index in [2.05, 4.69) is 5.32 Å². The quantitative estimate of drug-likeness (QED) is 0.604. The van der Waals surface area contributed by atoms with Crippen LogP contribution in [0.3, 0.4) is 0 Å². The monoisotopic (exact) mass is 361 g/mol. The lowest BCUT2D eigenvalue weighted by atomic mass is 10.1. The lowest BCUT2D eigenvalue weighted by molar-refractivity contribution is -0.146. The molecule has 132 valence electrons. The molecule has 0 heterocycles. The number of halogens is 1. The molecule has 0 radical (unpaired) electrons. The molecule has 0 aromatic heterocycles. The van der Waals surface area contributed by atoms with E-state index in [0.29, 0.717) is 0 Å². The molecule has 2 aromatic rings. The third-order valence-corrected chi connectivity index (χ3v) is 4.47. The first-order chi connectivity index (χ1) is 11.9. The zero-order valence-electron chi connectivity index (χ0n) is 14.1. The van der Waals surface area contributed by atoms with E-state index in [1.165, 1.54) is 23.9 Å². The van der Waals surface area contributed by atoms with Crippen molar-refractivity contribution in [1.29, 1.82) is 0 Å². The highest BCUT2D eigenvalue weighted by molar-refractivity contribution is 8.00. The summed E-state index contributed by atoms with van der Waals surface area (Å²) in [6, 6.07) is 13.4. The van der Waals surface area contributed by atoms with Crippen molar-refractivity contribution in [3.63, 3.8) is 0 Å². The Labute approximate surface area is 150 Å². The zero-order chi connectivity index (χ0) is 18.2. The Morgan fingerprint density at radius 2 is 1.76 bits per heavy atom. The van der Waals surface area contributed by atoms with E-state index in [0.717, 1.165) is 16.0 Å². The first kappa shape index (κ1) is 19.0. The standard InChI is InChI=1S/C19H20FNO3S/c1-13-3-9-17(10-4-13)25-12-19(23)24-11-18(22)21-14(2)15-5-7-16(20)8-6-15/h3-10,14H,11-12H2,1-2H3,(H,21,22)/t14-/m1/s1. The van der Waals surface area contributed by atoms with Gasteiger partial charge in [-0.1, -0.05) is 29.8 Å². The first-order valence-electron chi connectivity index (χ1n) is 7.84. The van der Waals surface area contributed by atoms with Crippen LogP contribution in [0.4, 0.5) is 4.39 Å². The van der Waals surface area contributed by atoms with Crippen LogP contribution in [0, 0.1) is 12.7 Å². The summed E-state index contributed by atoms with van der Waals surface area (Å²) in [6.07, 6.45) is 0. The highest BCUT2D eigenvalue weighted by atomic mass is 32.2. The maximum Gasteiger partial charge on any atom is 0.316 e. The fourth-order valence-corrected chi connectivity index (χ4v) is 2.78. The lowest BCUT2D eigenvalue weighted by Crippen LogP contribution is -2.31. The average molecular weight is 361 g/mol. The number of hydrogen-bond acceptors (Lipinski definition) is 4. The largest absolute Gasteiger partial charge is 0.455 e. The summed E-state index contributed by atoms with van der Waals surface area (Å²) in [5.41, 5.74) is 1.93. The number of ether oxygens (including phenoxy) is 1. The van der Waals surface area contributed by atoms with Gasteiger partial charge in [-0.15, -0.1) is 11.8 Å². The van der Waals surface area contributed by atoms with Crippen LogP contribution >= 0.6 is 11.8 Å². The fourth-order valence-electron chi connectivity index (χ4n) is 2.08. The van der Waals surface area contributed by atoms with Gasteiger partial charge in [-0.05, 0) is 43.7 Å².